The average Bonchev–Trinajstić information content (AvgIpc) is 2.35. The molecule has 1 aromatic rings. The summed E-state index contributed by atoms with van der Waals surface area (Å²) in [4.78, 5) is 0. The third-order valence-electron chi connectivity index (χ3n) is 2.36. The first-order chi connectivity index (χ1) is 8.49. The molecule has 0 aromatic heterocycles. The van der Waals surface area contributed by atoms with Gasteiger partial charge < -0.3 is 9.84 Å². The molecule has 7 heteroatoms. The first kappa shape index (κ1) is 14.7. The van der Waals surface area contributed by atoms with Crippen LogP contribution in [0.25, 0.3) is 0 Å². The Kier molecular flexibility index (Phi) is 5.39. The van der Waals surface area contributed by atoms with Crippen LogP contribution in [0.5, 0.6) is 5.75 Å². The van der Waals surface area contributed by atoms with Crippen molar-refractivity contribution in [3.05, 3.63) is 24.3 Å². The molecule has 0 amide bonds. The van der Waals surface area contributed by atoms with Gasteiger partial charge in [-0.2, -0.15) is 12.7 Å². The first-order valence-corrected chi connectivity index (χ1v) is 6.92. The third kappa shape index (κ3) is 4.17. The number of nitrogens with zero attached hydrogens (tertiary/aromatic N) is 1. The van der Waals surface area contributed by atoms with Crippen LogP contribution >= 0.6 is 0 Å². The summed E-state index contributed by atoms with van der Waals surface area (Å²) >= 11 is 0. The zero-order valence-electron chi connectivity index (χ0n) is 10.5. The van der Waals surface area contributed by atoms with E-state index in [2.05, 4.69) is 4.72 Å². The molecular formula is C11H18N2O4S. The number of methoxy groups -OCH3 is 1. The Hall–Kier alpha value is -1.31. The number of aliphatic hydroxyl groups is 1. The Balaban J connectivity index is 2.75. The molecule has 0 saturated heterocycles. The number of hydrogen-bond donors (Lipinski definition) is 2. The van der Waals surface area contributed by atoms with E-state index in [0.717, 1.165) is 4.31 Å². The minimum Gasteiger partial charge on any atom is -0.497 e. The molecule has 1 rings (SSSR count). The highest BCUT2D eigenvalue weighted by Gasteiger charge is 2.16. The monoisotopic (exact) mass is 274 g/mol. The van der Waals surface area contributed by atoms with Crippen molar-refractivity contribution in [2.75, 3.05) is 32.0 Å². The van der Waals surface area contributed by atoms with E-state index in [0.29, 0.717) is 17.9 Å². The van der Waals surface area contributed by atoms with Gasteiger partial charge >= 0.3 is 10.2 Å². The molecule has 0 heterocycles. The van der Waals surface area contributed by atoms with Gasteiger partial charge in [0, 0.05) is 26.3 Å². The summed E-state index contributed by atoms with van der Waals surface area (Å²) < 4.78 is 32.4. The predicted octanol–water partition coefficient (Wildman–Crippen LogP) is 0.666. The minimum atomic E-state index is -3.59. The van der Waals surface area contributed by atoms with Crippen molar-refractivity contribution in [2.24, 2.45) is 0 Å². The van der Waals surface area contributed by atoms with Gasteiger partial charge in [-0.05, 0) is 18.6 Å². The Morgan fingerprint density at radius 1 is 1.44 bits per heavy atom. The van der Waals surface area contributed by atoms with Crippen molar-refractivity contribution in [3.63, 3.8) is 0 Å². The van der Waals surface area contributed by atoms with Crippen LogP contribution in [-0.4, -0.2) is 45.1 Å². The van der Waals surface area contributed by atoms with Gasteiger partial charge in [0.25, 0.3) is 0 Å². The Labute approximate surface area is 107 Å². The molecule has 102 valence electrons. The second-order valence-corrected chi connectivity index (χ2v) is 5.52. The van der Waals surface area contributed by atoms with E-state index in [1.165, 1.54) is 14.2 Å². The fourth-order valence-electron chi connectivity index (χ4n) is 1.33. The summed E-state index contributed by atoms with van der Waals surface area (Å²) in [6.45, 7) is 0.217. The molecule has 2 N–H and O–H groups in total. The van der Waals surface area contributed by atoms with Crippen molar-refractivity contribution in [1.82, 2.24) is 4.31 Å². The summed E-state index contributed by atoms with van der Waals surface area (Å²) in [5.74, 6) is 0.577. The van der Waals surface area contributed by atoms with Crippen LogP contribution in [-0.2, 0) is 10.2 Å². The van der Waals surface area contributed by atoms with Gasteiger partial charge in [0.2, 0.25) is 0 Å². The maximum absolute atomic E-state index is 11.9. The molecule has 0 aliphatic carbocycles. The molecule has 0 aliphatic rings. The highest BCUT2D eigenvalue weighted by molar-refractivity contribution is 7.90. The summed E-state index contributed by atoms with van der Waals surface area (Å²) in [6.07, 6.45) is 0.398. The SMILES string of the molecule is COc1cccc(NS(=O)(=O)N(C)CCCO)c1. The summed E-state index contributed by atoms with van der Waals surface area (Å²) in [6, 6.07) is 6.66. The van der Waals surface area contributed by atoms with Crippen LogP contribution in [0.2, 0.25) is 0 Å². The van der Waals surface area contributed by atoms with Gasteiger partial charge in [0.05, 0.1) is 12.8 Å². The Morgan fingerprint density at radius 3 is 2.78 bits per heavy atom. The Bertz CT molecular complexity index is 476. The molecule has 18 heavy (non-hydrogen) atoms. The van der Waals surface area contributed by atoms with Gasteiger partial charge in [-0.25, -0.2) is 0 Å². The lowest BCUT2D eigenvalue weighted by Gasteiger charge is -2.18. The van der Waals surface area contributed by atoms with Crippen LogP contribution in [0.1, 0.15) is 6.42 Å². The van der Waals surface area contributed by atoms with E-state index >= 15 is 0 Å². The smallest absolute Gasteiger partial charge is 0.301 e. The number of benzene rings is 1. The molecule has 0 fully saturated rings. The highest BCUT2D eigenvalue weighted by Crippen LogP contribution is 2.18. The average molecular weight is 274 g/mol. The molecule has 1 aromatic carbocycles. The number of anilines is 1. The molecule has 0 unspecified atom stereocenters. The van der Waals surface area contributed by atoms with Gasteiger partial charge in [0.15, 0.2) is 0 Å². The molecule has 0 aliphatic heterocycles. The maximum atomic E-state index is 11.9. The number of hydrogen-bond acceptors (Lipinski definition) is 4. The van der Waals surface area contributed by atoms with Gasteiger partial charge in [-0.3, -0.25) is 4.72 Å². The zero-order valence-corrected chi connectivity index (χ0v) is 11.3. The van der Waals surface area contributed by atoms with Crippen LogP contribution in [0.15, 0.2) is 24.3 Å². The molecule has 0 atom stereocenters. The quantitative estimate of drug-likeness (QED) is 0.766. The summed E-state index contributed by atoms with van der Waals surface area (Å²) in [7, 11) is -0.623. The Morgan fingerprint density at radius 2 is 2.17 bits per heavy atom. The third-order valence-corrected chi connectivity index (χ3v) is 3.85. The van der Waals surface area contributed by atoms with Crippen LogP contribution in [0, 0.1) is 0 Å². The molecular weight excluding hydrogens is 256 g/mol. The van der Waals surface area contributed by atoms with Gasteiger partial charge in [0.1, 0.15) is 5.75 Å². The van der Waals surface area contributed by atoms with E-state index in [-0.39, 0.29) is 13.2 Å². The van der Waals surface area contributed by atoms with Crippen molar-refractivity contribution in [1.29, 1.82) is 0 Å². The first-order valence-electron chi connectivity index (χ1n) is 5.48. The normalized spacial score (nSPS) is 11.6. The number of rotatable bonds is 7. The van der Waals surface area contributed by atoms with Crippen molar-refractivity contribution in [2.45, 2.75) is 6.42 Å². The number of aliphatic hydroxyl groups excluding tert-OH is 1. The van der Waals surface area contributed by atoms with Gasteiger partial charge in [-0.15, -0.1) is 0 Å². The number of nitrogens with one attached hydrogen (secondary N) is 1. The van der Waals surface area contributed by atoms with E-state index < -0.39 is 10.2 Å². The highest BCUT2D eigenvalue weighted by atomic mass is 32.2. The lowest BCUT2D eigenvalue weighted by atomic mass is 10.3. The topological polar surface area (TPSA) is 78.9 Å². The van der Waals surface area contributed by atoms with E-state index in [9.17, 15) is 8.42 Å². The second kappa shape index (κ2) is 6.58. The zero-order chi connectivity index (χ0) is 13.6. The van der Waals surface area contributed by atoms with Crippen molar-refractivity contribution >= 4 is 15.9 Å². The number of ether oxygens (including phenoxy) is 1. The minimum absolute atomic E-state index is 0.0426. The van der Waals surface area contributed by atoms with Crippen LogP contribution in [0.4, 0.5) is 5.69 Å². The summed E-state index contributed by atoms with van der Waals surface area (Å²) in [5.41, 5.74) is 0.435. The van der Waals surface area contributed by atoms with Gasteiger partial charge in [-0.1, -0.05) is 6.07 Å². The predicted molar refractivity (Wildman–Crippen MR) is 69.9 cm³/mol. The lowest BCUT2D eigenvalue weighted by molar-refractivity contribution is 0.276. The van der Waals surface area contributed by atoms with Crippen molar-refractivity contribution in [3.8, 4) is 5.75 Å². The standard InChI is InChI=1S/C11H18N2O4S/c1-13(7-4-8-14)18(15,16)12-10-5-3-6-11(9-10)17-2/h3,5-6,9,12,14H,4,7-8H2,1-2H3. The fourth-order valence-corrected chi connectivity index (χ4v) is 2.28. The van der Waals surface area contributed by atoms with E-state index in [4.69, 9.17) is 9.84 Å². The maximum Gasteiger partial charge on any atom is 0.301 e. The fraction of sp³-hybridized carbons (Fsp3) is 0.455. The molecule has 0 saturated carbocycles. The van der Waals surface area contributed by atoms with Crippen molar-refractivity contribution < 1.29 is 18.3 Å². The molecule has 0 bridgehead atoms. The summed E-state index contributed by atoms with van der Waals surface area (Å²) in [5, 5.41) is 8.68. The van der Waals surface area contributed by atoms with E-state index in [1.54, 1.807) is 24.3 Å². The second-order valence-electron chi connectivity index (χ2n) is 3.74. The van der Waals surface area contributed by atoms with E-state index in [1.807, 2.05) is 0 Å². The molecule has 0 radical (unpaired) electrons. The largest absolute Gasteiger partial charge is 0.497 e. The van der Waals surface area contributed by atoms with Crippen LogP contribution < -0.4 is 9.46 Å². The molecule has 6 nitrogen and oxygen atoms in total. The molecule has 0 spiro atoms. The lowest BCUT2D eigenvalue weighted by Crippen LogP contribution is -2.33. The van der Waals surface area contributed by atoms with Crippen LogP contribution in [0.3, 0.4) is 0 Å².